The first-order chi connectivity index (χ1) is 12.8. The van der Waals surface area contributed by atoms with Gasteiger partial charge in [-0.3, -0.25) is 9.59 Å². The Hall–Kier alpha value is -2.77. The summed E-state index contributed by atoms with van der Waals surface area (Å²) in [5.41, 5.74) is -0.619. The zero-order valence-corrected chi connectivity index (χ0v) is 15.5. The SMILES string of the molecule is C[C@](O)(CNC(=O)C(=O)NCc1ccc(F)cc1)c1cc2ccccc2s1. The molecule has 0 bridgehead atoms. The highest BCUT2D eigenvalue weighted by Gasteiger charge is 2.27. The predicted octanol–water partition coefficient (Wildman–Crippen LogP) is 2.68. The van der Waals surface area contributed by atoms with Crippen molar-refractivity contribution in [2.24, 2.45) is 0 Å². The Labute approximate surface area is 159 Å². The number of halogens is 1. The van der Waals surface area contributed by atoms with Crippen LogP contribution < -0.4 is 10.6 Å². The molecule has 1 aromatic heterocycles. The topological polar surface area (TPSA) is 78.4 Å². The number of carbonyl (C=O) groups is 2. The molecule has 0 fully saturated rings. The number of fused-ring (bicyclic) bond motifs is 1. The van der Waals surface area contributed by atoms with Crippen LogP contribution in [0.4, 0.5) is 4.39 Å². The van der Waals surface area contributed by atoms with Crippen molar-refractivity contribution in [3.8, 4) is 0 Å². The maximum atomic E-state index is 12.9. The van der Waals surface area contributed by atoms with Crippen LogP contribution in [0.5, 0.6) is 0 Å². The molecule has 0 aliphatic heterocycles. The van der Waals surface area contributed by atoms with Crippen molar-refractivity contribution in [3.63, 3.8) is 0 Å². The summed E-state index contributed by atoms with van der Waals surface area (Å²) < 4.78 is 13.9. The number of hydrogen-bond acceptors (Lipinski definition) is 4. The predicted molar refractivity (Wildman–Crippen MR) is 103 cm³/mol. The monoisotopic (exact) mass is 386 g/mol. The van der Waals surface area contributed by atoms with E-state index in [4.69, 9.17) is 0 Å². The van der Waals surface area contributed by atoms with Crippen LogP contribution in [0.3, 0.4) is 0 Å². The Morgan fingerprint density at radius 3 is 2.44 bits per heavy atom. The minimum atomic E-state index is -1.30. The minimum absolute atomic E-state index is 0.0946. The van der Waals surface area contributed by atoms with Gasteiger partial charge in [0, 0.05) is 16.1 Å². The van der Waals surface area contributed by atoms with Gasteiger partial charge in [-0.15, -0.1) is 11.3 Å². The summed E-state index contributed by atoms with van der Waals surface area (Å²) in [6.07, 6.45) is 0. The molecule has 0 aliphatic rings. The van der Waals surface area contributed by atoms with Crippen LogP contribution in [0, 0.1) is 5.82 Å². The molecule has 27 heavy (non-hydrogen) atoms. The van der Waals surface area contributed by atoms with Gasteiger partial charge in [0.1, 0.15) is 11.4 Å². The number of aliphatic hydroxyl groups is 1. The van der Waals surface area contributed by atoms with Crippen LogP contribution >= 0.6 is 11.3 Å². The molecular weight excluding hydrogens is 367 g/mol. The lowest BCUT2D eigenvalue weighted by Crippen LogP contribution is -2.45. The Bertz CT molecular complexity index is 934. The number of amides is 2. The van der Waals surface area contributed by atoms with Crippen molar-refractivity contribution < 1.29 is 19.1 Å². The molecule has 2 amide bonds. The minimum Gasteiger partial charge on any atom is -0.383 e. The first-order valence-electron chi connectivity index (χ1n) is 8.37. The first-order valence-corrected chi connectivity index (χ1v) is 9.19. The third-order valence-corrected chi connectivity index (χ3v) is 5.49. The standard InChI is InChI=1S/C20H19FN2O3S/c1-20(26,17-10-14-4-2-3-5-16(14)27-17)12-23-19(25)18(24)22-11-13-6-8-15(21)9-7-13/h2-10,26H,11-12H2,1H3,(H,22,24)(H,23,25)/t20-/m0/s1. The van der Waals surface area contributed by atoms with E-state index in [9.17, 15) is 19.1 Å². The molecule has 0 saturated heterocycles. The number of benzene rings is 2. The van der Waals surface area contributed by atoms with Gasteiger partial charge in [0.2, 0.25) is 0 Å². The molecule has 7 heteroatoms. The molecule has 140 valence electrons. The van der Waals surface area contributed by atoms with Gasteiger partial charge < -0.3 is 15.7 Å². The van der Waals surface area contributed by atoms with Crippen LogP contribution in [0.1, 0.15) is 17.4 Å². The summed E-state index contributed by atoms with van der Waals surface area (Å²) in [7, 11) is 0. The van der Waals surface area contributed by atoms with E-state index in [1.54, 1.807) is 6.92 Å². The number of thiophene rings is 1. The lowest BCUT2D eigenvalue weighted by molar-refractivity contribution is -0.139. The van der Waals surface area contributed by atoms with Crippen LogP contribution in [0.2, 0.25) is 0 Å². The molecular formula is C20H19FN2O3S. The van der Waals surface area contributed by atoms with E-state index in [1.807, 2.05) is 30.3 Å². The van der Waals surface area contributed by atoms with Crippen molar-refractivity contribution in [1.82, 2.24) is 10.6 Å². The molecule has 5 nitrogen and oxygen atoms in total. The lowest BCUT2D eigenvalue weighted by Gasteiger charge is -2.22. The quantitative estimate of drug-likeness (QED) is 0.590. The van der Waals surface area contributed by atoms with Crippen molar-refractivity contribution in [2.75, 3.05) is 6.54 Å². The van der Waals surface area contributed by atoms with Crippen LogP contribution in [-0.4, -0.2) is 23.5 Å². The fourth-order valence-electron chi connectivity index (χ4n) is 2.53. The van der Waals surface area contributed by atoms with Crippen molar-refractivity contribution >= 4 is 33.2 Å². The molecule has 3 aromatic rings. The largest absolute Gasteiger partial charge is 0.383 e. The highest BCUT2D eigenvalue weighted by Crippen LogP contribution is 2.32. The van der Waals surface area contributed by atoms with Gasteiger partial charge in [-0.2, -0.15) is 0 Å². The zero-order valence-electron chi connectivity index (χ0n) is 14.7. The van der Waals surface area contributed by atoms with E-state index in [1.165, 1.54) is 35.6 Å². The molecule has 3 N–H and O–H groups in total. The van der Waals surface area contributed by atoms with E-state index in [2.05, 4.69) is 10.6 Å². The summed E-state index contributed by atoms with van der Waals surface area (Å²) in [6.45, 7) is 1.61. The summed E-state index contributed by atoms with van der Waals surface area (Å²) in [5, 5.41) is 16.6. The third kappa shape index (κ3) is 4.69. The average Bonchev–Trinajstić information content (AvgIpc) is 3.10. The van der Waals surface area contributed by atoms with E-state index < -0.39 is 17.4 Å². The fraction of sp³-hybridized carbons (Fsp3) is 0.200. The maximum absolute atomic E-state index is 12.9. The van der Waals surface area contributed by atoms with Gasteiger partial charge in [0.15, 0.2) is 0 Å². The summed E-state index contributed by atoms with van der Waals surface area (Å²) in [4.78, 5) is 24.6. The molecule has 1 atom stereocenters. The van der Waals surface area contributed by atoms with Gasteiger partial charge in [-0.1, -0.05) is 30.3 Å². The molecule has 3 rings (SSSR count). The van der Waals surface area contributed by atoms with Gasteiger partial charge in [-0.05, 0) is 42.1 Å². The molecule has 1 heterocycles. The first kappa shape index (κ1) is 19.0. The molecule has 0 radical (unpaired) electrons. The smallest absolute Gasteiger partial charge is 0.309 e. The summed E-state index contributed by atoms with van der Waals surface area (Å²) >= 11 is 1.44. The number of hydrogen-bond donors (Lipinski definition) is 3. The van der Waals surface area contributed by atoms with E-state index in [0.29, 0.717) is 10.4 Å². The Kier molecular flexibility index (Phi) is 5.53. The van der Waals surface area contributed by atoms with Gasteiger partial charge in [0.05, 0.1) is 6.54 Å². The van der Waals surface area contributed by atoms with Crippen molar-refractivity contribution in [3.05, 3.63) is 70.9 Å². The summed E-state index contributed by atoms with van der Waals surface area (Å²) in [6, 6.07) is 15.2. The molecule has 0 spiro atoms. The third-order valence-electron chi connectivity index (χ3n) is 4.12. The molecule has 2 aromatic carbocycles. The highest BCUT2D eigenvalue weighted by atomic mass is 32.1. The van der Waals surface area contributed by atoms with Crippen LogP contribution in [-0.2, 0) is 21.7 Å². The number of rotatable bonds is 5. The highest BCUT2D eigenvalue weighted by molar-refractivity contribution is 7.19. The van der Waals surface area contributed by atoms with E-state index in [-0.39, 0.29) is 18.9 Å². The van der Waals surface area contributed by atoms with Crippen molar-refractivity contribution in [2.45, 2.75) is 19.1 Å². The van der Waals surface area contributed by atoms with Gasteiger partial charge in [-0.25, -0.2) is 4.39 Å². The van der Waals surface area contributed by atoms with E-state index >= 15 is 0 Å². The maximum Gasteiger partial charge on any atom is 0.309 e. The second-order valence-electron chi connectivity index (χ2n) is 6.41. The number of carbonyl (C=O) groups excluding carboxylic acids is 2. The van der Waals surface area contributed by atoms with Crippen molar-refractivity contribution in [1.29, 1.82) is 0 Å². The molecule has 0 saturated carbocycles. The van der Waals surface area contributed by atoms with Gasteiger partial charge >= 0.3 is 11.8 Å². The molecule has 0 unspecified atom stereocenters. The second-order valence-corrected chi connectivity index (χ2v) is 7.50. The fourth-order valence-corrected chi connectivity index (χ4v) is 3.64. The Morgan fingerprint density at radius 2 is 1.74 bits per heavy atom. The van der Waals surface area contributed by atoms with Crippen LogP contribution in [0.15, 0.2) is 54.6 Å². The summed E-state index contributed by atoms with van der Waals surface area (Å²) in [5.74, 6) is -2.02. The molecule has 0 aliphatic carbocycles. The van der Waals surface area contributed by atoms with Gasteiger partial charge in [0.25, 0.3) is 0 Å². The Balaban J connectivity index is 1.55. The second kappa shape index (κ2) is 7.85. The average molecular weight is 386 g/mol. The Morgan fingerprint density at radius 1 is 1.07 bits per heavy atom. The zero-order chi connectivity index (χ0) is 19.4. The lowest BCUT2D eigenvalue weighted by atomic mass is 10.0. The van der Waals surface area contributed by atoms with E-state index in [0.717, 1.165) is 10.1 Å². The number of nitrogens with one attached hydrogen (secondary N) is 2. The van der Waals surface area contributed by atoms with Crippen LogP contribution in [0.25, 0.3) is 10.1 Å². The normalized spacial score (nSPS) is 13.1.